The maximum absolute atomic E-state index is 8.34. The van der Waals surface area contributed by atoms with Gasteiger partial charge in [-0.05, 0) is 0 Å². The van der Waals surface area contributed by atoms with E-state index in [0.717, 1.165) is 0 Å². The van der Waals surface area contributed by atoms with E-state index in [1.54, 1.807) is 0 Å². The van der Waals surface area contributed by atoms with E-state index >= 15 is 0 Å². The molecule has 0 aliphatic rings. The van der Waals surface area contributed by atoms with Gasteiger partial charge in [0.25, 0.3) is 0 Å². The van der Waals surface area contributed by atoms with Crippen molar-refractivity contribution in [3.8, 4) is 0 Å². The molecule has 0 unspecified atom stereocenters. The predicted octanol–water partition coefficient (Wildman–Crippen LogP) is -1.96. The standard InChI is InChI=1S/C4H11NO3.C2H5ClO.H3N/c5-4(1-6,2-7)3-8;3-1-2-4;/h6-8H,1-3,5H2;4H,1-2H2;1H3. The van der Waals surface area contributed by atoms with E-state index in [1.807, 2.05) is 0 Å². The Balaban J connectivity index is -0.000000173. The molecule has 0 amide bonds. The van der Waals surface area contributed by atoms with Gasteiger partial charge in [-0.2, -0.15) is 0 Å². The van der Waals surface area contributed by atoms with Gasteiger partial charge in [-0.25, -0.2) is 0 Å². The van der Waals surface area contributed by atoms with Crippen molar-refractivity contribution in [2.24, 2.45) is 5.73 Å². The molecule has 0 aromatic rings. The maximum Gasteiger partial charge on any atom is 0.0856 e. The third-order valence-electron chi connectivity index (χ3n) is 1.03. The second-order valence-electron chi connectivity index (χ2n) is 2.25. The average Bonchev–Trinajstić information content (AvgIpc) is 2.17. The molecule has 0 saturated carbocycles. The molecule has 0 fully saturated rings. The average molecular weight is 219 g/mol. The van der Waals surface area contributed by atoms with Crippen molar-refractivity contribution >= 4 is 11.6 Å². The molecule has 84 valence electrons. The van der Waals surface area contributed by atoms with Gasteiger partial charge >= 0.3 is 0 Å². The first-order valence-electron chi connectivity index (χ1n) is 3.38. The Labute approximate surface area is 82.5 Å². The number of hydrogen-bond acceptors (Lipinski definition) is 6. The molecule has 0 heterocycles. The first kappa shape index (κ1) is 18.8. The van der Waals surface area contributed by atoms with Crippen LogP contribution in [0.3, 0.4) is 0 Å². The molecule has 0 aromatic carbocycles. The molecule has 0 aromatic heterocycles. The van der Waals surface area contributed by atoms with Gasteiger partial charge in [-0.1, -0.05) is 0 Å². The summed E-state index contributed by atoms with van der Waals surface area (Å²) in [5.41, 5.74) is 3.94. The van der Waals surface area contributed by atoms with Gasteiger partial charge in [-0.15, -0.1) is 11.6 Å². The van der Waals surface area contributed by atoms with Gasteiger partial charge in [0.15, 0.2) is 0 Å². The van der Waals surface area contributed by atoms with E-state index in [-0.39, 0.29) is 12.8 Å². The Bertz CT molecular complexity index is 82.4. The van der Waals surface area contributed by atoms with E-state index in [1.165, 1.54) is 0 Å². The van der Waals surface area contributed by atoms with Crippen LogP contribution in [0.1, 0.15) is 0 Å². The van der Waals surface area contributed by atoms with Gasteiger partial charge in [0, 0.05) is 5.88 Å². The lowest BCUT2D eigenvalue weighted by Gasteiger charge is -2.20. The quantitative estimate of drug-likeness (QED) is 0.303. The number of aliphatic hydroxyl groups is 4. The highest BCUT2D eigenvalue weighted by atomic mass is 35.5. The Kier molecular flexibility index (Phi) is 17.4. The first-order chi connectivity index (χ1) is 5.60. The van der Waals surface area contributed by atoms with Crippen LogP contribution in [-0.2, 0) is 0 Å². The smallest absolute Gasteiger partial charge is 0.0856 e. The SMILES string of the molecule is N.NC(CO)(CO)CO.OCCCl. The first-order valence-corrected chi connectivity index (χ1v) is 3.92. The summed E-state index contributed by atoms with van der Waals surface area (Å²) in [5.74, 6) is 0.347. The minimum atomic E-state index is -1.21. The van der Waals surface area contributed by atoms with Gasteiger partial charge in [0.05, 0.1) is 32.0 Å². The van der Waals surface area contributed by atoms with Crippen molar-refractivity contribution in [3.63, 3.8) is 0 Å². The summed E-state index contributed by atoms with van der Waals surface area (Å²) in [6, 6.07) is 0. The van der Waals surface area contributed by atoms with Crippen LogP contribution in [0.25, 0.3) is 0 Å². The van der Waals surface area contributed by atoms with E-state index in [2.05, 4.69) is 0 Å². The zero-order valence-electron chi connectivity index (χ0n) is 7.49. The Morgan fingerprint density at radius 3 is 1.23 bits per heavy atom. The number of rotatable bonds is 4. The van der Waals surface area contributed by atoms with Crippen molar-refractivity contribution in [1.29, 1.82) is 0 Å². The van der Waals surface area contributed by atoms with Gasteiger partial charge < -0.3 is 32.3 Å². The molecule has 0 rings (SSSR count). The van der Waals surface area contributed by atoms with Crippen molar-refractivity contribution in [2.45, 2.75) is 5.54 Å². The lowest BCUT2D eigenvalue weighted by Crippen LogP contribution is -2.50. The van der Waals surface area contributed by atoms with Crippen LogP contribution in [0.2, 0.25) is 0 Å². The van der Waals surface area contributed by atoms with E-state index < -0.39 is 25.4 Å². The van der Waals surface area contributed by atoms with Crippen LogP contribution in [0.15, 0.2) is 0 Å². The summed E-state index contributed by atoms with van der Waals surface area (Å²) in [6.45, 7) is -1.12. The summed E-state index contributed by atoms with van der Waals surface area (Å²) in [6.07, 6.45) is 0. The van der Waals surface area contributed by atoms with E-state index in [4.69, 9.17) is 37.8 Å². The predicted molar refractivity (Wildman–Crippen MR) is 51.0 cm³/mol. The summed E-state index contributed by atoms with van der Waals surface area (Å²) in [4.78, 5) is 0. The number of aliphatic hydroxyl groups excluding tert-OH is 4. The molecule has 0 saturated heterocycles. The van der Waals surface area contributed by atoms with Crippen LogP contribution >= 0.6 is 11.6 Å². The zero-order chi connectivity index (χ0) is 10.0. The van der Waals surface area contributed by atoms with Crippen LogP contribution in [0.5, 0.6) is 0 Å². The molecular formula is C6H19ClN2O4. The third-order valence-corrected chi connectivity index (χ3v) is 1.20. The molecule has 7 heteroatoms. The van der Waals surface area contributed by atoms with Crippen molar-refractivity contribution in [3.05, 3.63) is 0 Å². The Morgan fingerprint density at radius 1 is 1.00 bits per heavy atom. The van der Waals surface area contributed by atoms with Crippen molar-refractivity contribution in [2.75, 3.05) is 32.3 Å². The van der Waals surface area contributed by atoms with Gasteiger partial charge in [-0.3, -0.25) is 0 Å². The number of alkyl halides is 1. The summed E-state index contributed by atoms with van der Waals surface area (Å²) in [7, 11) is 0. The lowest BCUT2D eigenvalue weighted by atomic mass is 10.1. The van der Waals surface area contributed by atoms with Crippen LogP contribution in [0.4, 0.5) is 0 Å². The van der Waals surface area contributed by atoms with Gasteiger partial charge in [0.2, 0.25) is 0 Å². The highest BCUT2D eigenvalue weighted by Gasteiger charge is 2.20. The van der Waals surface area contributed by atoms with E-state index in [0.29, 0.717) is 5.88 Å². The molecular weight excluding hydrogens is 200 g/mol. The molecule has 0 atom stereocenters. The molecule has 13 heavy (non-hydrogen) atoms. The second-order valence-corrected chi connectivity index (χ2v) is 2.63. The highest BCUT2D eigenvalue weighted by molar-refractivity contribution is 6.17. The van der Waals surface area contributed by atoms with Gasteiger partial charge in [0.1, 0.15) is 0 Å². The largest absolute Gasteiger partial charge is 0.395 e. The molecule has 6 nitrogen and oxygen atoms in total. The fourth-order valence-corrected chi connectivity index (χ4v) is 0.150. The monoisotopic (exact) mass is 218 g/mol. The van der Waals surface area contributed by atoms with Crippen molar-refractivity contribution < 1.29 is 20.4 Å². The summed E-state index contributed by atoms with van der Waals surface area (Å²) in [5, 5.41) is 32.8. The Morgan fingerprint density at radius 2 is 1.23 bits per heavy atom. The molecule has 0 bridgehead atoms. The normalized spacial score (nSPS) is 9.69. The number of hydrogen-bond donors (Lipinski definition) is 6. The summed E-state index contributed by atoms with van der Waals surface area (Å²) >= 11 is 4.94. The minimum Gasteiger partial charge on any atom is -0.395 e. The fraction of sp³-hybridized carbons (Fsp3) is 1.00. The summed E-state index contributed by atoms with van der Waals surface area (Å²) < 4.78 is 0. The Hall–Kier alpha value is 0.0500. The van der Waals surface area contributed by atoms with Crippen LogP contribution < -0.4 is 11.9 Å². The number of nitrogens with two attached hydrogens (primary N) is 1. The molecule has 0 aliphatic carbocycles. The third kappa shape index (κ3) is 12.1. The molecule has 0 spiro atoms. The fourth-order valence-electron chi connectivity index (χ4n) is 0.150. The number of halogens is 1. The second kappa shape index (κ2) is 12.0. The van der Waals surface area contributed by atoms with Crippen LogP contribution in [0, 0.1) is 0 Å². The molecule has 0 aliphatic heterocycles. The topological polar surface area (TPSA) is 142 Å². The highest BCUT2D eigenvalue weighted by Crippen LogP contribution is 1.93. The van der Waals surface area contributed by atoms with Crippen molar-refractivity contribution in [1.82, 2.24) is 6.15 Å². The molecule has 9 N–H and O–H groups in total. The minimum absolute atomic E-state index is 0. The lowest BCUT2D eigenvalue weighted by molar-refractivity contribution is 0.0698. The zero-order valence-corrected chi connectivity index (χ0v) is 8.24. The molecule has 0 radical (unpaired) electrons. The van der Waals surface area contributed by atoms with E-state index in [9.17, 15) is 0 Å². The van der Waals surface area contributed by atoms with Crippen LogP contribution in [-0.4, -0.2) is 58.3 Å². The maximum atomic E-state index is 8.34.